The smallest absolute Gasteiger partial charge is 0.229 e. The van der Waals surface area contributed by atoms with Crippen molar-refractivity contribution in [1.82, 2.24) is 4.98 Å². The van der Waals surface area contributed by atoms with E-state index < -0.39 is 37.3 Å². The molecule has 0 unspecified atom stereocenters. The second-order valence-corrected chi connectivity index (χ2v) is 6.57. The molecule has 0 amide bonds. The fourth-order valence-corrected chi connectivity index (χ4v) is 3.11. The summed E-state index contributed by atoms with van der Waals surface area (Å²) in [6.07, 6.45) is -6.79. The standard InChI is InChI=1S/C14H15BrClNO6/c15-5-1-2-7-6(3-5)12(13(16)17-7)23-14-11(21)10(20)9(19)8(4-18)22-14/h1-3,8-11,14,17-21H,4H2/t8-,9+,10+,11-,14-/m1/s1. The van der Waals surface area contributed by atoms with Crippen molar-refractivity contribution in [1.29, 1.82) is 0 Å². The van der Waals surface area contributed by atoms with Gasteiger partial charge in [0, 0.05) is 9.86 Å². The molecule has 1 saturated heterocycles. The molecule has 9 heteroatoms. The Hall–Kier alpha value is -0.870. The number of H-pyrrole nitrogens is 1. The molecule has 1 fully saturated rings. The number of aliphatic hydroxyl groups is 4. The van der Waals surface area contributed by atoms with Gasteiger partial charge in [-0.15, -0.1) is 0 Å². The van der Waals surface area contributed by atoms with Crippen LogP contribution in [0.5, 0.6) is 5.75 Å². The molecular weight excluding hydrogens is 394 g/mol. The predicted octanol–water partition coefficient (Wildman–Crippen LogP) is 0.762. The van der Waals surface area contributed by atoms with E-state index in [9.17, 15) is 20.4 Å². The van der Waals surface area contributed by atoms with Gasteiger partial charge in [0.1, 0.15) is 29.6 Å². The van der Waals surface area contributed by atoms with Crippen LogP contribution in [0.25, 0.3) is 10.9 Å². The van der Waals surface area contributed by atoms with Crippen molar-refractivity contribution in [2.75, 3.05) is 6.61 Å². The number of benzene rings is 1. The normalized spacial score (nSPS) is 31.5. The summed E-state index contributed by atoms with van der Waals surface area (Å²) in [7, 11) is 0. The van der Waals surface area contributed by atoms with Gasteiger partial charge in [-0.1, -0.05) is 27.5 Å². The second-order valence-electron chi connectivity index (χ2n) is 5.27. The topological polar surface area (TPSA) is 115 Å². The van der Waals surface area contributed by atoms with Crippen molar-refractivity contribution in [2.24, 2.45) is 0 Å². The Kier molecular flexibility index (Phi) is 4.84. The Bertz CT molecular complexity index is 708. The first kappa shape index (κ1) is 17.0. The molecule has 0 aliphatic carbocycles. The lowest BCUT2D eigenvalue weighted by atomic mass is 9.99. The quantitative estimate of drug-likeness (QED) is 0.512. The van der Waals surface area contributed by atoms with Crippen LogP contribution in [-0.4, -0.2) is 62.7 Å². The number of fused-ring (bicyclic) bond motifs is 1. The number of hydrogen-bond donors (Lipinski definition) is 5. The molecule has 2 aromatic rings. The van der Waals surface area contributed by atoms with Gasteiger partial charge in [-0.25, -0.2) is 0 Å². The molecule has 1 aliphatic rings. The third-order valence-corrected chi connectivity index (χ3v) is 4.51. The third-order valence-electron chi connectivity index (χ3n) is 3.75. The minimum absolute atomic E-state index is 0.204. The number of aliphatic hydroxyl groups excluding tert-OH is 4. The van der Waals surface area contributed by atoms with Crippen LogP contribution in [-0.2, 0) is 4.74 Å². The fraction of sp³-hybridized carbons (Fsp3) is 0.429. The zero-order chi connectivity index (χ0) is 16.7. The van der Waals surface area contributed by atoms with Gasteiger partial charge in [-0.3, -0.25) is 0 Å². The third kappa shape index (κ3) is 3.08. The fourth-order valence-electron chi connectivity index (χ4n) is 2.50. The highest BCUT2D eigenvalue weighted by Gasteiger charge is 2.45. The summed E-state index contributed by atoms with van der Waals surface area (Å²) in [5.41, 5.74) is 0.720. The first-order valence-corrected chi connectivity index (χ1v) is 8.03. The molecule has 5 atom stereocenters. The summed E-state index contributed by atoms with van der Waals surface area (Å²) in [5, 5.41) is 39.7. The molecule has 1 aliphatic heterocycles. The Labute approximate surface area is 144 Å². The van der Waals surface area contributed by atoms with E-state index in [1.54, 1.807) is 12.1 Å². The van der Waals surface area contributed by atoms with Crippen molar-refractivity contribution in [2.45, 2.75) is 30.7 Å². The molecular formula is C14H15BrClNO6. The average molecular weight is 409 g/mol. The molecule has 0 spiro atoms. The molecule has 1 aromatic carbocycles. The second kappa shape index (κ2) is 6.56. The summed E-state index contributed by atoms with van der Waals surface area (Å²) in [6, 6.07) is 5.40. The summed E-state index contributed by atoms with van der Waals surface area (Å²) in [4.78, 5) is 2.93. The maximum Gasteiger partial charge on any atom is 0.229 e. The lowest BCUT2D eigenvalue weighted by Crippen LogP contribution is -2.60. The van der Waals surface area contributed by atoms with Crippen LogP contribution in [0.2, 0.25) is 5.15 Å². The zero-order valence-corrected chi connectivity index (χ0v) is 14.0. The van der Waals surface area contributed by atoms with E-state index in [0.717, 1.165) is 9.99 Å². The number of nitrogens with one attached hydrogen (secondary N) is 1. The number of hydrogen-bond acceptors (Lipinski definition) is 6. The number of halogens is 2. The van der Waals surface area contributed by atoms with E-state index in [4.69, 9.17) is 21.1 Å². The van der Waals surface area contributed by atoms with Crippen molar-refractivity contribution in [3.63, 3.8) is 0 Å². The van der Waals surface area contributed by atoms with Crippen molar-refractivity contribution in [3.05, 3.63) is 27.8 Å². The van der Waals surface area contributed by atoms with E-state index in [-0.39, 0.29) is 10.9 Å². The minimum atomic E-state index is -1.51. The number of aromatic amines is 1. The predicted molar refractivity (Wildman–Crippen MR) is 85.4 cm³/mol. The highest BCUT2D eigenvalue weighted by molar-refractivity contribution is 9.10. The summed E-state index contributed by atoms with van der Waals surface area (Å²) in [5.74, 6) is 0.243. The van der Waals surface area contributed by atoms with Gasteiger partial charge in [-0.2, -0.15) is 0 Å². The van der Waals surface area contributed by atoms with Gasteiger partial charge in [0.15, 0.2) is 5.75 Å². The Morgan fingerprint density at radius 2 is 1.96 bits per heavy atom. The zero-order valence-electron chi connectivity index (χ0n) is 11.7. The van der Waals surface area contributed by atoms with Gasteiger partial charge in [0.25, 0.3) is 0 Å². The lowest BCUT2D eigenvalue weighted by molar-refractivity contribution is -0.277. The van der Waals surface area contributed by atoms with Gasteiger partial charge in [0.2, 0.25) is 6.29 Å². The molecule has 2 heterocycles. The first-order valence-electron chi connectivity index (χ1n) is 6.86. The van der Waals surface area contributed by atoms with E-state index >= 15 is 0 Å². The van der Waals surface area contributed by atoms with Crippen molar-refractivity contribution < 1.29 is 29.9 Å². The monoisotopic (exact) mass is 407 g/mol. The highest BCUT2D eigenvalue weighted by atomic mass is 79.9. The van der Waals surface area contributed by atoms with Crippen LogP contribution < -0.4 is 4.74 Å². The molecule has 3 rings (SSSR count). The Morgan fingerprint density at radius 1 is 1.22 bits per heavy atom. The number of rotatable bonds is 3. The van der Waals surface area contributed by atoms with Crippen LogP contribution in [0.15, 0.2) is 22.7 Å². The maximum atomic E-state index is 10.0. The van der Waals surface area contributed by atoms with E-state index in [1.165, 1.54) is 0 Å². The van der Waals surface area contributed by atoms with Crippen LogP contribution in [0.4, 0.5) is 0 Å². The number of ether oxygens (including phenoxy) is 2. The molecule has 5 N–H and O–H groups in total. The molecule has 126 valence electrons. The summed E-state index contributed by atoms with van der Waals surface area (Å²) >= 11 is 9.48. The molecule has 0 radical (unpaired) electrons. The van der Waals surface area contributed by atoms with E-state index in [2.05, 4.69) is 20.9 Å². The van der Waals surface area contributed by atoms with Gasteiger partial charge >= 0.3 is 0 Å². The Balaban J connectivity index is 1.92. The van der Waals surface area contributed by atoms with Crippen molar-refractivity contribution in [3.8, 4) is 5.75 Å². The molecule has 0 bridgehead atoms. The van der Waals surface area contributed by atoms with Crippen LogP contribution in [0.3, 0.4) is 0 Å². The molecule has 23 heavy (non-hydrogen) atoms. The van der Waals surface area contributed by atoms with Gasteiger partial charge in [0.05, 0.1) is 12.1 Å². The van der Waals surface area contributed by atoms with E-state index in [1.807, 2.05) is 6.07 Å². The maximum absolute atomic E-state index is 10.0. The van der Waals surface area contributed by atoms with Crippen LogP contribution >= 0.6 is 27.5 Å². The van der Waals surface area contributed by atoms with Crippen LogP contribution in [0, 0.1) is 0 Å². The summed E-state index contributed by atoms with van der Waals surface area (Å²) < 4.78 is 11.7. The molecule has 1 aromatic heterocycles. The molecule has 0 saturated carbocycles. The first-order chi connectivity index (χ1) is 10.9. The van der Waals surface area contributed by atoms with E-state index in [0.29, 0.717) is 5.39 Å². The lowest BCUT2D eigenvalue weighted by Gasteiger charge is -2.39. The minimum Gasteiger partial charge on any atom is -0.458 e. The number of aromatic nitrogens is 1. The van der Waals surface area contributed by atoms with Crippen LogP contribution in [0.1, 0.15) is 0 Å². The molecule has 7 nitrogen and oxygen atoms in total. The van der Waals surface area contributed by atoms with Crippen molar-refractivity contribution >= 4 is 38.4 Å². The largest absolute Gasteiger partial charge is 0.458 e. The SMILES string of the molecule is OC[C@H]1O[C@H](Oc2c(Cl)[nH]c3ccc(Br)cc23)[C@H](O)[C@@H](O)[C@H]1O. The van der Waals surface area contributed by atoms with Gasteiger partial charge < -0.3 is 34.9 Å². The average Bonchev–Trinajstić information content (AvgIpc) is 2.83. The Morgan fingerprint density at radius 3 is 2.65 bits per heavy atom. The highest BCUT2D eigenvalue weighted by Crippen LogP contribution is 2.37. The van der Waals surface area contributed by atoms with Gasteiger partial charge in [-0.05, 0) is 18.2 Å². The summed E-state index contributed by atoms with van der Waals surface area (Å²) in [6.45, 7) is -0.530.